The molecule has 1 aliphatic rings. The Morgan fingerprint density at radius 1 is 1.12 bits per heavy atom. The Kier molecular flexibility index (Phi) is 3.86. The zero-order chi connectivity index (χ0) is 16.5. The molecule has 1 aromatic carbocycles. The van der Waals surface area contributed by atoms with E-state index in [9.17, 15) is 4.79 Å². The summed E-state index contributed by atoms with van der Waals surface area (Å²) in [6.45, 7) is 3.75. The number of hydrogen-bond acceptors (Lipinski definition) is 6. The van der Waals surface area contributed by atoms with E-state index < -0.39 is 0 Å². The Bertz CT molecular complexity index is 901. The minimum atomic E-state index is -0.246. The Labute approximate surface area is 143 Å². The van der Waals surface area contributed by atoms with E-state index in [0.717, 1.165) is 47.8 Å². The number of benzene rings is 1. The van der Waals surface area contributed by atoms with Gasteiger partial charge < -0.3 is 10.2 Å². The fraction of sp³-hybridized carbons (Fsp3) is 0.294. The van der Waals surface area contributed by atoms with Crippen molar-refractivity contribution < 1.29 is 4.79 Å². The highest BCUT2D eigenvalue weighted by Gasteiger charge is 2.21. The van der Waals surface area contributed by atoms with Crippen LogP contribution < -0.4 is 10.2 Å². The molecule has 2 aromatic heterocycles. The first-order valence-electron chi connectivity index (χ1n) is 7.96. The second-order valence-corrected chi connectivity index (χ2v) is 6.85. The molecule has 6 nitrogen and oxygen atoms in total. The molecule has 1 N–H and O–H groups in total. The molecule has 3 aromatic rings. The normalized spacial score (nSPS) is 14.3. The van der Waals surface area contributed by atoms with E-state index in [1.165, 1.54) is 11.3 Å². The average molecular weight is 339 g/mol. The Hall–Kier alpha value is -2.54. The second kappa shape index (κ2) is 6.16. The van der Waals surface area contributed by atoms with E-state index in [2.05, 4.69) is 20.2 Å². The highest BCUT2D eigenvalue weighted by Crippen LogP contribution is 2.28. The number of hydrogen-bond donors (Lipinski definition) is 1. The minimum Gasteiger partial charge on any atom is -0.354 e. The van der Waals surface area contributed by atoms with Crippen molar-refractivity contribution in [3.8, 4) is 0 Å². The van der Waals surface area contributed by atoms with E-state index in [-0.39, 0.29) is 5.91 Å². The summed E-state index contributed by atoms with van der Waals surface area (Å²) in [5.41, 5.74) is 2.02. The number of carbonyl (C=O) groups excluding carboxylic acids is 1. The van der Waals surface area contributed by atoms with Crippen molar-refractivity contribution in [1.29, 1.82) is 0 Å². The molecule has 0 bridgehead atoms. The maximum atomic E-state index is 12.5. The summed E-state index contributed by atoms with van der Waals surface area (Å²) in [5.74, 6) is 1.00. The number of nitrogens with one attached hydrogen (secondary N) is 1. The molecular weight excluding hydrogens is 322 g/mol. The third-order valence-electron chi connectivity index (χ3n) is 4.04. The van der Waals surface area contributed by atoms with E-state index in [0.29, 0.717) is 11.5 Å². The predicted octanol–water partition coefficient (Wildman–Crippen LogP) is 3.25. The average Bonchev–Trinajstić information content (AvgIpc) is 3.26. The number of amides is 1. The van der Waals surface area contributed by atoms with Gasteiger partial charge in [-0.3, -0.25) is 4.79 Å². The monoisotopic (exact) mass is 339 g/mol. The Balaban J connectivity index is 1.74. The zero-order valence-electron chi connectivity index (χ0n) is 13.3. The van der Waals surface area contributed by atoms with Crippen molar-refractivity contribution in [3.63, 3.8) is 0 Å². The first-order valence-corrected chi connectivity index (χ1v) is 8.84. The van der Waals surface area contributed by atoms with Gasteiger partial charge >= 0.3 is 0 Å². The summed E-state index contributed by atoms with van der Waals surface area (Å²) in [6, 6.07) is 7.71. The summed E-state index contributed by atoms with van der Waals surface area (Å²) < 4.78 is 0. The number of rotatable bonds is 3. The molecule has 0 saturated carbocycles. The molecule has 0 radical (unpaired) electrons. The van der Waals surface area contributed by atoms with Gasteiger partial charge in [-0.1, -0.05) is 12.1 Å². The van der Waals surface area contributed by atoms with Crippen LogP contribution >= 0.6 is 11.3 Å². The highest BCUT2D eigenvalue weighted by atomic mass is 32.1. The number of thiazole rings is 1. The van der Waals surface area contributed by atoms with Crippen LogP contribution in [0, 0.1) is 6.92 Å². The molecule has 0 atom stereocenters. The third-order valence-corrected chi connectivity index (χ3v) is 4.81. The predicted molar refractivity (Wildman–Crippen MR) is 95.8 cm³/mol. The molecule has 4 rings (SSSR count). The molecule has 122 valence electrons. The molecular formula is C17H17N5OS. The first-order chi connectivity index (χ1) is 11.7. The van der Waals surface area contributed by atoms with Crippen LogP contribution in [-0.4, -0.2) is 33.9 Å². The molecule has 1 aliphatic heterocycles. The van der Waals surface area contributed by atoms with Gasteiger partial charge in [0.15, 0.2) is 11.6 Å². The van der Waals surface area contributed by atoms with Crippen molar-refractivity contribution in [2.75, 3.05) is 23.3 Å². The van der Waals surface area contributed by atoms with Crippen LogP contribution in [0.15, 0.2) is 29.6 Å². The summed E-state index contributed by atoms with van der Waals surface area (Å²) in [7, 11) is 0. The van der Waals surface area contributed by atoms with Gasteiger partial charge in [-0.15, -0.1) is 11.3 Å². The van der Waals surface area contributed by atoms with Crippen LogP contribution in [0.4, 0.5) is 11.6 Å². The summed E-state index contributed by atoms with van der Waals surface area (Å²) in [5, 5.41) is 5.52. The fourth-order valence-electron chi connectivity index (χ4n) is 2.86. The molecule has 3 heterocycles. The van der Waals surface area contributed by atoms with Crippen molar-refractivity contribution in [1.82, 2.24) is 15.0 Å². The maximum Gasteiger partial charge on any atom is 0.276 e. The van der Waals surface area contributed by atoms with Crippen LogP contribution in [0.3, 0.4) is 0 Å². The molecule has 1 fully saturated rings. The summed E-state index contributed by atoms with van der Waals surface area (Å²) >= 11 is 1.46. The van der Waals surface area contributed by atoms with Gasteiger partial charge in [0.05, 0.1) is 16.0 Å². The van der Waals surface area contributed by atoms with Crippen molar-refractivity contribution >= 4 is 39.9 Å². The number of nitrogens with zero attached hydrogens (tertiary/aromatic N) is 4. The molecule has 1 saturated heterocycles. The molecule has 1 amide bonds. The zero-order valence-corrected chi connectivity index (χ0v) is 14.1. The number of aromatic nitrogens is 3. The Morgan fingerprint density at radius 2 is 1.83 bits per heavy atom. The molecule has 24 heavy (non-hydrogen) atoms. The number of para-hydroxylation sites is 2. The third kappa shape index (κ3) is 2.82. The van der Waals surface area contributed by atoms with Gasteiger partial charge in [0.25, 0.3) is 5.91 Å². The molecule has 7 heteroatoms. The van der Waals surface area contributed by atoms with Crippen LogP contribution in [0.2, 0.25) is 0 Å². The highest BCUT2D eigenvalue weighted by molar-refractivity contribution is 7.09. The molecule has 0 aliphatic carbocycles. The van der Waals surface area contributed by atoms with E-state index >= 15 is 0 Å². The summed E-state index contributed by atoms with van der Waals surface area (Å²) in [6.07, 6.45) is 2.26. The van der Waals surface area contributed by atoms with Crippen molar-refractivity contribution in [3.05, 3.63) is 40.3 Å². The lowest BCUT2D eigenvalue weighted by molar-refractivity contribution is 0.102. The standard InChI is InChI=1S/C17H17N5OS/c1-11-18-14(10-24-11)17(23)21-15-16(22-8-4-5-9-22)20-13-7-3-2-6-12(13)19-15/h2-3,6-7,10H,4-5,8-9H2,1H3,(H,19,21,23). The van der Waals surface area contributed by atoms with Crippen LogP contribution in [0.1, 0.15) is 28.3 Å². The fourth-order valence-corrected chi connectivity index (χ4v) is 3.46. The topological polar surface area (TPSA) is 71.0 Å². The second-order valence-electron chi connectivity index (χ2n) is 5.78. The van der Waals surface area contributed by atoms with Gasteiger partial charge in [0.1, 0.15) is 5.69 Å². The van der Waals surface area contributed by atoms with Crippen molar-refractivity contribution in [2.24, 2.45) is 0 Å². The summed E-state index contributed by atoms with van der Waals surface area (Å²) in [4.78, 5) is 28.3. The lowest BCUT2D eigenvalue weighted by atomic mass is 10.3. The SMILES string of the molecule is Cc1nc(C(=O)Nc2nc3ccccc3nc2N2CCCC2)cs1. The number of aryl methyl sites for hydroxylation is 1. The van der Waals surface area contributed by atoms with Crippen LogP contribution in [0.25, 0.3) is 11.0 Å². The van der Waals surface area contributed by atoms with Gasteiger partial charge in [0, 0.05) is 18.5 Å². The minimum absolute atomic E-state index is 0.246. The molecule has 0 spiro atoms. The Morgan fingerprint density at radius 3 is 2.50 bits per heavy atom. The van der Waals surface area contributed by atoms with Gasteiger partial charge in [0.2, 0.25) is 0 Å². The quantitative estimate of drug-likeness (QED) is 0.793. The van der Waals surface area contributed by atoms with Crippen LogP contribution in [-0.2, 0) is 0 Å². The number of carbonyl (C=O) groups is 1. The van der Waals surface area contributed by atoms with E-state index in [1.54, 1.807) is 5.38 Å². The largest absolute Gasteiger partial charge is 0.354 e. The lowest BCUT2D eigenvalue weighted by Crippen LogP contribution is -2.23. The van der Waals surface area contributed by atoms with E-state index in [4.69, 9.17) is 4.98 Å². The molecule has 0 unspecified atom stereocenters. The van der Waals surface area contributed by atoms with Gasteiger partial charge in [-0.2, -0.15) is 0 Å². The smallest absolute Gasteiger partial charge is 0.276 e. The first kappa shape index (κ1) is 15.0. The van der Waals surface area contributed by atoms with E-state index in [1.807, 2.05) is 31.2 Å². The lowest BCUT2D eigenvalue weighted by Gasteiger charge is -2.20. The number of fused-ring (bicyclic) bond motifs is 1. The van der Waals surface area contributed by atoms with Gasteiger partial charge in [-0.05, 0) is 31.9 Å². The van der Waals surface area contributed by atoms with Crippen LogP contribution in [0.5, 0.6) is 0 Å². The van der Waals surface area contributed by atoms with Crippen molar-refractivity contribution in [2.45, 2.75) is 19.8 Å². The number of anilines is 2. The van der Waals surface area contributed by atoms with Gasteiger partial charge in [-0.25, -0.2) is 15.0 Å². The maximum absolute atomic E-state index is 12.5.